The Balaban J connectivity index is 3.41. The maximum atomic E-state index is 10.7. The summed E-state index contributed by atoms with van der Waals surface area (Å²) < 4.78 is 4.66. The summed E-state index contributed by atoms with van der Waals surface area (Å²) >= 11 is 0. The van der Waals surface area contributed by atoms with Crippen LogP contribution in [0.5, 0.6) is 0 Å². The monoisotopic (exact) mass is 172 g/mol. The van der Waals surface area contributed by atoms with Gasteiger partial charge in [0.15, 0.2) is 0 Å². The van der Waals surface area contributed by atoms with Crippen molar-refractivity contribution < 1.29 is 14.6 Å². The van der Waals surface area contributed by atoms with Crippen LogP contribution in [0.25, 0.3) is 0 Å². The molecule has 0 rings (SSSR count). The van der Waals surface area contributed by atoms with Gasteiger partial charge in [-0.2, -0.15) is 0 Å². The second kappa shape index (κ2) is 6.85. The molecule has 3 heteroatoms. The Kier molecular flexibility index (Phi) is 6.38. The summed E-state index contributed by atoms with van der Waals surface area (Å²) in [6, 6.07) is 0. The van der Waals surface area contributed by atoms with Gasteiger partial charge in [0.05, 0.1) is 12.7 Å². The molecule has 3 nitrogen and oxygen atoms in total. The highest BCUT2D eigenvalue weighted by Crippen LogP contribution is 1.96. The Morgan fingerprint density at radius 1 is 1.67 bits per heavy atom. The lowest BCUT2D eigenvalue weighted by molar-refractivity contribution is -0.137. The largest absolute Gasteiger partial charge is 0.463 e. The molecule has 0 spiro atoms. The highest BCUT2D eigenvalue weighted by molar-refractivity contribution is 5.81. The Morgan fingerprint density at radius 2 is 2.33 bits per heavy atom. The van der Waals surface area contributed by atoms with Gasteiger partial charge in [-0.15, -0.1) is 0 Å². The summed E-state index contributed by atoms with van der Waals surface area (Å²) in [7, 11) is 0. The Bertz CT molecular complexity index is 150. The Hall–Kier alpha value is -0.830. The van der Waals surface area contributed by atoms with E-state index in [1.54, 1.807) is 19.9 Å². The highest BCUT2D eigenvalue weighted by atomic mass is 16.5. The molecule has 0 heterocycles. The molecule has 0 aliphatic carbocycles. The average Bonchev–Trinajstić information content (AvgIpc) is 1.98. The Labute approximate surface area is 73.0 Å². The molecule has 0 saturated carbocycles. The van der Waals surface area contributed by atoms with E-state index in [4.69, 9.17) is 5.11 Å². The molecule has 0 aliphatic rings. The van der Waals surface area contributed by atoms with Crippen LogP contribution in [0.15, 0.2) is 12.2 Å². The van der Waals surface area contributed by atoms with Crippen LogP contribution in [0.4, 0.5) is 0 Å². The predicted octanol–water partition coefficient (Wildman–Crippen LogP) is 1.27. The van der Waals surface area contributed by atoms with Crippen molar-refractivity contribution >= 4 is 5.97 Å². The van der Waals surface area contributed by atoms with E-state index in [0.29, 0.717) is 19.4 Å². The van der Waals surface area contributed by atoms with Gasteiger partial charge in [0, 0.05) is 6.08 Å². The molecule has 12 heavy (non-hydrogen) atoms. The van der Waals surface area contributed by atoms with Crippen LogP contribution in [0.2, 0.25) is 0 Å². The summed E-state index contributed by atoms with van der Waals surface area (Å²) in [6.45, 7) is 3.89. The van der Waals surface area contributed by atoms with Gasteiger partial charge in [0.25, 0.3) is 0 Å². The molecule has 0 aromatic rings. The van der Waals surface area contributed by atoms with Crippen molar-refractivity contribution in [2.24, 2.45) is 0 Å². The third kappa shape index (κ3) is 7.28. The zero-order valence-corrected chi connectivity index (χ0v) is 7.62. The van der Waals surface area contributed by atoms with E-state index in [1.807, 2.05) is 0 Å². The van der Waals surface area contributed by atoms with E-state index in [0.717, 1.165) is 0 Å². The molecule has 1 atom stereocenters. The minimum atomic E-state index is -0.317. The summed E-state index contributed by atoms with van der Waals surface area (Å²) in [6.07, 6.45) is 4.18. The fraction of sp³-hybridized carbons (Fsp3) is 0.667. The number of hydrogen-bond donors (Lipinski definition) is 1. The van der Waals surface area contributed by atoms with Crippen molar-refractivity contribution in [3.05, 3.63) is 12.2 Å². The van der Waals surface area contributed by atoms with Gasteiger partial charge in [0.1, 0.15) is 0 Å². The maximum Gasteiger partial charge on any atom is 0.330 e. The molecule has 0 aromatic heterocycles. The molecule has 0 unspecified atom stereocenters. The Morgan fingerprint density at radius 3 is 2.83 bits per heavy atom. The summed E-state index contributed by atoms with van der Waals surface area (Å²) in [5, 5.41) is 8.87. The van der Waals surface area contributed by atoms with Crippen LogP contribution in [-0.4, -0.2) is 23.8 Å². The van der Waals surface area contributed by atoms with Gasteiger partial charge in [-0.25, -0.2) is 4.79 Å². The molecule has 0 radical (unpaired) electrons. The van der Waals surface area contributed by atoms with Crippen molar-refractivity contribution in [2.45, 2.75) is 32.8 Å². The zero-order valence-electron chi connectivity index (χ0n) is 7.62. The molecule has 70 valence electrons. The lowest BCUT2D eigenvalue weighted by atomic mass is 10.2. The van der Waals surface area contributed by atoms with E-state index in [1.165, 1.54) is 6.08 Å². The quantitative estimate of drug-likeness (QED) is 0.501. The van der Waals surface area contributed by atoms with E-state index in [2.05, 4.69) is 4.74 Å². The van der Waals surface area contributed by atoms with Crippen molar-refractivity contribution in [3.8, 4) is 0 Å². The van der Waals surface area contributed by atoms with Crippen molar-refractivity contribution in [2.75, 3.05) is 6.61 Å². The van der Waals surface area contributed by atoms with Gasteiger partial charge in [0.2, 0.25) is 0 Å². The molecule has 0 fully saturated rings. The number of rotatable bonds is 5. The second-order valence-electron chi connectivity index (χ2n) is 2.58. The van der Waals surface area contributed by atoms with Crippen LogP contribution in [0, 0.1) is 0 Å². The van der Waals surface area contributed by atoms with Crippen LogP contribution in [-0.2, 0) is 9.53 Å². The number of aliphatic hydroxyl groups is 1. The minimum absolute atomic E-state index is 0.308. The lowest BCUT2D eigenvalue weighted by Crippen LogP contribution is -2.00. The van der Waals surface area contributed by atoms with E-state index in [-0.39, 0.29) is 12.1 Å². The van der Waals surface area contributed by atoms with Gasteiger partial charge in [-0.1, -0.05) is 6.08 Å². The van der Waals surface area contributed by atoms with Gasteiger partial charge >= 0.3 is 5.97 Å². The van der Waals surface area contributed by atoms with Crippen LogP contribution in [0.1, 0.15) is 26.7 Å². The number of esters is 1. The first-order valence-corrected chi connectivity index (χ1v) is 4.18. The van der Waals surface area contributed by atoms with Gasteiger partial charge in [-0.3, -0.25) is 0 Å². The number of carbonyl (C=O) groups is 1. The van der Waals surface area contributed by atoms with E-state index in [9.17, 15) is 4.79 Å². The molecule has 0 aromatic carbocycles. The molecular weight excluding hydrogens is 156 g/mol. The van der Waals surface area contributed by atoms with Crippen molar-refractivity contribution in [3.63, 3.8) is 0 Å². The second-order valence-corrected chi connectivity index (χ2v) is 2.58. The summed E-state index contributed by atoms with van der Waals surface area (Å²) in [5.41, 5.74) is 0. The SMILES string of the molecule is CCOC(=O)/C=C/CC[C@H](C)O. The lowest BCUT2D eigenvalue weighted by Gasteiger charge is -1.98. The molecule has 0 amide bonds. The number of carbonyl (C=O) groups excluding carboxylic acids is 1. The summed E-state index contributed by atoms with van der Waals surface area (Å²) in [4.78, 5) is 10.7. The smallest absolute Gasteiger partial charge is 0.330 e. The molecule has 0 saturated heterocycles. The van der Waals surface area contributed by atoms with E-state index >= 15 is 0 Å². The van der Waals surface area contributed by atoms with Gasteiger partial charge < -0.3 is 9.84 Å². The molecule has 0 bridgehead atoms. The number of ether oxygens (including phenoxy) is 1. The number of hydrogen-bond acceptors (Lipinski definition) is 3. The maximum absolute atomic E-state index is 10.7. The van der Waals surface area contributed by atoms with Crippen LogP contribution < -0.4 is 0 Å². The molecular formula is C9H16O3. The number of aliphatic hydroxyl groups excluding tert-OH is 1. The first-order chi connectivity index (χ1) is 5.66. The van der Waals surface area contributed by atoms with Gasteiger partial charge in [-0.05, 0) is 26.7 Å². The zero-order chi connectivity index (χ0) is 9.40. The topological polar surface area (TPSA) is 46.5 Å². The fourth-order valence-corrected chi connectivity index (χ4v) is 0.707. The first kappa shape index (κ1) is 11.2. The van der Waals surface area contributed by atoms with Crippen molar-refractivity contribution in [1.29, 1.82) is 0 Å². The number of allylic oxidation sites excluding steroid dienone is 1. The standard InChI is InChI=1S/C9H16O3/c1-3-12-9(11)7-5-4-6-8(2)10/h5,7-8,10H,3-4,6H2,1-2H3/b7-5+/t8-/m0/s1. The van der Waals surface area contributed by atoms with E-state index < -0.39 is 0 Å². The van der Waals surface area contributed by atoms with Crippen LogP contribution in [0.3, 0.4) is 0 Å². The predicted molar refractivity (Wildman–Crippen MR) is 46.7 cm³/mol. The minimum Gasteiger partial charge on any atom is -0.463 e. The fourth-order valence-electron chi connectivity index (χ4n) is 0.707. The third-order valence-corrected chi connectivity index (χ3v) is 1.29. The first-order valence-electron chi connectivity index (χ1n) is 4.18. The average molecular weight is 172 g/mol. The third-order valence-electron chi connectivity index (χ3n) is 1.29. The molecule has 0 aliphatic heterocycles. The summed E-state index contributed by atoms with van der Waals surface area (Å²) in [5.74, 6) is -0.317. The van der Waals surface area contributed by atoms with Crippen LogP contribution >= 0.6 is 0 Å². The molecule has 1 N–H and O–H groups in total. The highest BCUT2D eigenvalue weighted by Gasteiger charge is 1.94. The normalized spacial score (nSPS) is 13.2. The van der Waals surface area contributed by atoms with Crippen molar-refractivity contribution in [1.82, 2.24) is 0 Å².